The Balaban J connectivity index is 2.95. The summed E-state index contributed by atoms with van der Waals surface area (Å²) in [7, 11) is 0. The van der Waals surface area contributed by atoms with Crippen LogP contribution in [0.15, 0.2) is 11.1 Å². The largest absolute Gasteiger partial charge is 0.368 e. The average Bonchev–Trinajstić information content (AvgIpc) is 2.24. The van der Waals surface area contributed by atoms with E-state index in [1.54, 1.807) is 0 Å². The van der Waals surface area contributed by atoms with Gasteiger partial charge in [0.1, 0.15) is 5.03 Å². The minimum atomic E-state index is -0.647. The molecule has 0 bridgehead atoms. The van der Waals surface area contributed by atoms with Gasteiger partial charge in [-0.15, -0.1) is 0 Å². The molecule has 1 aromatic heterocycles. The van der Waals surface area contributed by atoms with Gasteiger partial charge >= 0.3 is 0 Å². The van der Waals surface area contributed by atoms with Gasteiger partial charge in [0.15, 0.2) is 17.5 Å². The predicted molar refractivity (Wildman–Crippen MR) is 68.5 cm³/mol. The molecule has 0 saturated carbocycles. The number of thioether (sulfide) groups is 1. The molecule has 1 rings (SSSR count). The molecule has 17 heavy (non-hydrogen) atoms. The van der Waals surface area contributed by atoms with Crippen molar-refractivity contribution in [2.24, 2.45) is 5.92 Å². The van der Waals surface area contributed by atoms with Crippen molar-refractivity contribution in [3.8, 4) is 0 Å². The minimum absolute atomic E-state index is 0.118. The van der Waals surface area contributed by atoms with E-state index in [1.807, 2.05) is 13.8 Å². The molecule has 0 aromatic carbocycles. The summed E-state index contributed by atoms with van der Waals surface area (Å²) >= 11 is 1.33. The second kappa shape index (κ2) is 6.19. The van der Waals surface area contributed by atoms with Gasteiger partial charge in [0.05, 0.1) is 0 Å². The molecule has 1 heterocycles. The zero-order valence-corrected chi connectivity index (χ0v) is 11.4. The van der Waals surface area contributed by atoms with E-state index >= 15 is 0 Å². The zero-order chi connectivity index (χ0) is 13.0. The van der Waals surface area contributed by atoms with Gasteiger partial charge in [-0.1, -0.05) is 32.5 Å². The van der Waals surface area contributed by atoms with E-state index < -0.39 is 11.6 Å². The van der Waals surface area contributed by atoms with Crippen LogP contribution in [-0.2, 0) is 0 Å². The first-order chi connectivity index (χ1) is 7.95. The number of halogens is 2. The molecule has 1 N–H and O–H groups in total. The van der Waals surface area contributed by atoms with Gasteiger partial charge in [-0.3, -0.25) is 0 Å². The highest BCUT2D eigenvalue weighted by molar-refractivity contribution is 7.99. The molecule has 0 saturated heterocycles. The summed E-state index contributed by atoms with van der Waals surface area (Å²) in [6.07, 6.45) is 0. The maximum Gasteiger partial charge on any atom is 0.168 e. The summed E-state index contributed by atoms with van der Waals surface area (Å²) in [5.41, 5.74) is 0. The second-order valence-electron chi connectivity index (χ2n) is 4.20. The van der Waals surface area contributed by atoms with Crippen LogP contribution in [0.2, 0.25) is 0 Å². The fourth-order valence-corrected chi connectivity index (χ4v) is 2.08. The number of anilines is 1. The molecule has 0 fully saturated rings. The summed E-state index contributed by atoms with van der Waals surface area (Å²) in [6, 6.07) is 0.889. The molecule has 1 atom stereocenters. The third-order valence-electron chi connectivity index (χ3n) is 2.48. The van der Waals surface area contributed by atoms with E-state index in [0.717, 1.165) is 6.07 Å². The highest BCUT2D eigenvalue weighted by Crippen LogP contribution is 2.30. The van der Waals surface area contributed by atoms with E-state index in [4.69, 9.17) is 0 Å². The highest BCUT2D eigenvalue weighted by atomic mass is 32.2. The van der Waals surface area contributed by atoms with Gasteiger partial charge in [-0.25, -0.2) is 13.8 Å². The van der Waals surface area contributed by atoms with Gasteiger partial charge in [0.25, 0.3) is 0 Å². The maximum atomic E-state index is 13.5. The summed E-state index contributed by atoms with van der Waals surface area (Å²) in [5.74, 6) is -0.714. The molecule has 0 spiro atoms. The number of pyridine rings is 1. The predicted octanol–water partition coefficient (Wildman–Crippen LogP) is 3.93. The van der Waals surface area contributed by atoms with Crippen LogP contribution >= 0.6 is 11.8 Å². The second-order valence-corrected chi connectivity index (χ2v) is 5.57. The fraction of sp³-hybridized carbons (Fsp3) is 0.583. The first-order valence-corrected chi connectivity index (χ1v) is 6.60. The molecule has 0 aliphatic heterocycles. The molecule has 96 valence electrons. The molecule has 0 amide bonds. The van der Waals surface area contributed by atoms with Crippen molar-refractivity contribution in [1.29, 1.82) is 0 Å². The molecule has 0 radical (unpaired) electrons. The van der Waals surface area contributed by atoms with Crippen molar-refractivity contribution < 1.29 is 8.78 Å². The minimum Gasteiger partial charge on any atom is -0.368 e. The first kappa shape index (κ1) is 14.2. The number of hydrogen-bond donors (Lipinski definition) is 1. The van der Waals surface area contributed by atoms with Crippen molar-refractivity contribution in [1.82, 2.24) is 4.98 Å². The van der Waals surface area contributed by atoms with Gasteiger partial charge in [0, 0.05) is 17.9 Å². The van der Waals surface area contributed by atoms with Crippen LogP contribution in [0.1, 0.15) is 27.7 Å². The molecular weight excluding hydrogens is 242 g/mol. The number of rotatable bonds is 5. The Labute approximate surface area is 105 Å². The monoisotopic (exact) mass is 260 g/mol. The molecule has 2 nitrogen and oxygen atoms in total. The van der Waals surface area contributed by atoms with Gasteiger partial charge in [-0.2, -0.15) is 0 Å². The normalized spacial score (nSPS) is 12.9. The standard InChI is InChI=1S/C12H18F2N2S/c1-5-15-11-9(13)6-10(14)12(16-11)17-8(4)7(2)3/h6-8H,5H2,1-4H3,(H,15,16). The van der Waals surface area contributed by atoms with E-state index in [9.17, 15) is 8.78 Å². The van der Waals surface area contributed by atoms with Crippen LogP contribution in [0.3, 0.4) is 0 Å². The van der Waals surface area contributed by atoms with Crippen LogP contribution in [0, 0.1) is 17.6 Å². The van der Waals surface area contributed by atoms with E-state index in [-0.39, 0.29) is 16.1 Å². The third-order valence-corrected chi connectivity index (χ3v) is 3.90. The fourth-order valence-electron chi connectivity index (χ4n) is 1.14. The molecule has 5 heteroatoms. The van der Waals surface area contributed by atoms with E-state index in [0.29, 0.717) is 12.5 Å². The van der Waals surface area contributed by atoms with E-state index in [1.165, 1.54) is 11.8 Å². The lowest BCUT2D eigenvalue weighted by Gasteiger charge is -2.15. The Morgan fingerprint density at radius 1 is 1.29 bits per heavy atom. The SMILES string of the molecule is CCNc1nc(SC(C)C(C)C)c(F)cc1F. The van der Waals surface area contributed by atoms with Crippen molar-refractivity contribution in [2.75, 3.05) is 11.9 Å². The van der Waals surface area contributed by atoms with Crippen molar-refractivity contribution >= 4 is 17.6 Å². The van der Waals surface area contributed by atoms with Crippen LogP contribution in [-0.4, -0.2) is 16.8 Å². The number of nitrogens with zero attached hydrogens (tertiary/aromatic N) is 1. The van der Waals surface area contributed by atoms with Crippen LogP contribution in [0.25, 0.3) is 0 Å². The van der Waals surface area contributed by atoms with Gasteiger partial charge in [-0.05, 0) is 12.8 Å². The Bertz CT molecular complexity index is 383. The van der Waals surface area contributed by atoms with Crippen LogP contribution in [0.4, 0.5) is 14.6 Å². The summed E-state index contributed by atoms with van der Waals surface area (Å²) in [5, 5.41) is 3.27. The lowest BCUT2D eigenvalue weighted by molar-refractivity contribution is 0.549. The van der Waals surface area contributed by atoms with Crippen molar-refractivity contribution in [3.63, 3.8) is 0 Å². The molecule has 0 aliphatic carbocycles. The lowest BCUT2D eigenvalue weighted by atomic mass is 10.2. The Morgan fingerprint density at radius 2 is 1.94 bits per heavy atom. The molecule has 1 unspecified atom stereocenters. The molecule has 1 aromatic rings. The number of aromatic nitrogens is 1. The number of nitrogens with one attached hydrogen (secondary N) is 1. The van der Waals surface area contributed by atoms with Crippen LogP contribution in [0.5, 0.6) is 0 Å². The van der Waals surface area contributed by atoms with Crippen molar-refractivity contribution in [2.45, 2.75) is 38.0 Å². The quantitative estimate of drug-likeness (QED) is 0.812. The summed E-state index contributed by atoms with van der Waals surface area (Å²) < 4.78 is 26.9. The van der Waals surface area contributed by atoms with E-state index in [2.05, 4.69) is 24.1 Å². The average molecular weight is 260 g/mol. The maximum absolute atomic E-state index is 13.5. The smallest absolute Gasteiger partial charge is 0.168 e. The highest BCUT2D eigenvalue weighted by Gasteiger charge is 2.16. The Hall–Kier alpha value is -0.840. The van der Waals surface area contributed by atoms with Crippen molar-refractivity contribution in [3.05, 3.63) is 17.7 Å². The lowest BCUT2D eigenvalue weighted by Crippen LogP contribution is -2.09. The Morgan fingerprint density at radius 3 is 2.47 bits per heavy atom. The van der Waals surface area contributed by atoms with Gasteiger partial charge < -0.3 is 5.32 Å². The first-order valence-electron chi connectivity index (χ1n) is 5.72. The molecule has 0 aliphatic rings. The summed E-state index contributed by atoms with van der Waals surface area (Å²) in [6.45, 7) is 8.52. The van der Waals surface area contributed by atoms with Gasteiger partial charge in [0.2, 0.25) is 0 Å². The number of hydrogen-bond acceptors (Lipinski definition) is 3. The third kappa shape index (κ3) is 3.84. The zero-order valence-electron chi connectivity index (χ0n) is 10.6. The topological polar surface area (TPSA) is 24.9 Å². The Kier molecular flexibility index (Phi) is 5.18. The summed E-state index contributed by atoms with van der Waals surface area (Å²) in [4.78, 5) is 3.99. The molecular formula is C12H18F2N2S. The van der Waals surface area contributed by atoms with Crippen LogP contribution < -0.4 is 5.32 Å².